The lowest BCUT2D eigenvalue weighted by Crippen LogP contribution is -2.50. The number of hydrogen-bond donors (Lipinski definition) is 2. The number of carbonyl (C=O) groups is 2. The topological polar surface area (TPSA) is 84.7 Å². The van der Waals surface area contributed by atoms with Crippen LogP contribution in [0.2, 0.25) is 0 Å². The van der Waals surface area contributed by atoms with Gasteiger partial charge in [0.15, 0.2) is 0 Å². The highest BCUT2D eigenvalue weighted by atomic mass is 19.4. The molecule has 34 heavy (non-hydrogen) atoms. The first kappa shape index (κ1) is 26.3. The Morgan fingerprint density at radius 1 is 1.03 bits per heavy atom. The molecular weight excluding hydrogens is 468 g/mol. The number of nitrogens with zero attached hydrogens (tertiary/aromatic N) is 1. The molecule has 0 radical (unpaired) electrons. The zero-order valence-corrected chi connectivity index (χ0v) is 18.6. The third-order valence-corrected chi connectivity index (χ3v) is 6.84. The van der Waals surface area contributed by atoms with Gasteiger partial charge in [-0.1, -0.05) is 0 Å². The Kier molecular flexibility index (Phi) is 7.51. The number of amides is 2. The van der Waals surface area contributed by atoms with Crippen molar-refractivity contribution in [1.29, 1.82) is 0 Å². The Bertz CT molecular complexity index is 882. The van der Waals surface area contributed by atoms with Crippen molar-refractivity contribution in [3.63, 3.8) is 0 Å². The third kappa shape index (κ3) is 5.65. The number of primary amides is 1. The fourth-order valence-corrected chi connectivity index (χ4v) is 4.77. The SMILES string of the molecule is CN(C1CCOCC1)[C@@H]1CC[C@](C(N)=O)(C(=O)NCc2cc(C(F)(F)F)cc(C(F)(F)F)c2)C1. The number of carbonyl (C=O) groups excluding carboxylic acids is 2. The van der Waals surface area contributed by atoms with Crippen LogP contribution in [-0.2, 0) is 33.2 Å². The second-order valence-corrected chi connectivity index (χ2v) is 8.95. The number of hydrogen-bond acceptors (Lipinski definition) is 4. The summed E-state index contributed by atoms with van der Waals surface area (Å²) in [7, 11) is 1.90. The van der Waals surface area contributed by atoms with E-state index >= 15 is 0 Å². The molecule has 3 N–H and O–H groups in total. The minimum absolute atomic E-state index is 0.0178. The number of ether oxygens (including phenoxy) is 1. The first-order valence-electron chi connectivity index (χ1n) is 10.9. The van der Waals surface area contributed by atoms with Crippen molar-refractivity contribution in [3.8, 4) is 0 Å². The Hall–Kier alpha value is -2.34. The summed E-state index contributed by atoms with van der Waals surface area (Å²) in [6.45, 7) is 0.613. The average molecular weight is 495 g/mol. The summed E-state index contributed by atoms with van der Waals surface area (Å²) in [6.07, 6.45) is -7.61. The molecule has 2 atom stereocenters. The largest absolute Gasteiger partial charge is 0.416 e. The van der Waals surface area contributed by atoms with E-state index in [9.17, 15) is 35.9 Å². The van der Waals surface area contributed by atoms with E-state index < -0.39 is 47.3 Å². The van der Waals surface area contributed by atoms with Crippen molar-refractivity contribution < 1.29 is 40.7 Å². The molecule has 1 heterocycles. The quantitative estimate of drug-likeness (QED) is 0.468. The van der Waals surface area contributed by atoms with Crippen LogP contribution < -0.4 is 11.1 Å². The average Bonchev–Trinajstić information content (AvgIpc) is 3.23. The Morgan fingerprint density at radius 2 is 1.59 bits per heavy atom. The second kappa shape index (κ2) is 9.73. The van der Waals surface area contributed by atoms with Crippen molar-refractivity contribution in [1.82, 2.24) is 10.2 Å². The molecule has 190 valence electrons. The molecule has 3 rings (SSSR count). The van der Waals surface area contributed by atoms with Gasteiger partial charge in [0.1, 0.15) is 5.41 Å². The highest BCUT2D eigenvalue weighted by Gasteiger charge is 2.51. The maximum atomic E-state index is 13.1. The predicted molar refractivity (Wildman–Crippen MR) is 109 cm³/mol. The van der Waals surface area contributed by atoms with Gasteiger partial charge in [-0.2, -0.15) is 26.3 Å². The summed E-state index contributed by atoms with van der Waals surface area (Å²) in [5, 5.41) is 2.35. The van der Waals surface area contributed by atoms with Gasteiger partial charge in [0.05, 0.1) is 11.1 Å². The van der Waals surface area contributed by atoms with Crippen LogP contribution in [-0.4, -0.2) is 49.1 Å². The van der Waals surface area contributed by atoms with Crippen LogP contribution in [0.25, 0.3) is 0 Å². The Labute approximate surface area is 192 Å². The number of alkyl halides is 6. The van der Waals surface area contributed by atoms with Gasteiger partial charge >= 0.3 is 12.4 Å². The van der Waals surface area contributed by atoms with E-state index in [1.54, 1.807) is 0 Å². The smallest absolute Gasteiger partial charge is 0.381 e. The highest BCUT2D eigenvalue weighted by molar-refractivity contribution is 6.04. The Morgan fingerprint density at radius 3 is 2.09 bits per heavy atom. The summed E-state index contributed by atoms with van der Waals surface area (Å²) in [6, 6.07) is 1.21. The molecule has 2 amide bonds. The van der Waals surface area contributed by atoms with Crippen LogP contribution >= 0.6 is 0 Å². The normalized spacial score (nSPS) is 24.4. The van der Waals surface area contributed by atoms with E-state index in [2.05, 4.69) is 10.2 Å². The van der Waals surface area contributed by atoms with Crippen molar-refractivity contribution in [2.75, 3.05) is 20.3 Å². The molecule has 2 fully saturated rings. The van der Waals surface area contributed by atoms with Crippen LogP contribution in [0.3, 0.4) is 0 Å². The first-order chi connectivity index (χ1) is 15.7. The van der Waals surface area contributed by atoms with E-state index in [4.69, 9.17) is 10.5 Å². The fourth-order valence-electron chi connectivity index (χ4n) is 4.77. The van der Waals surface area contributed by atoms with Gasteiger partial charge in [-0.05, 0) is 62.9 Å². The molecule has 1 aliphatic heterocycles. The molecule has 0 bridgehead atoms. The fraction of sp³-hybridized carbons (Fsp3) is 0.636. The van der Waals surface area contributed by atoms with Crippen LogP contribution in [0.4, 0.5) is 26.3 Å². The van der Waals surface area contributed by atoms with Crippen molar-refractivity contribution in [3.05, 3.63) is 34.9 Å². The second-order valence-electron chi connectivity index (χ2n) is 8.95. The number of halogens is 6. The van der Waals surface area contributed by atoms with E-state index in [1.807, 2.05) is 7.05 Å². The molecule has 0 aromatic heterocycles. The summed E-state index contributed by atoms with van der Waals surface area (Å²) in [5.74, 6) is -1.67. The van der Waals surface area contributed by atoms with Crippen LogP contribution in [0.5, 0.6) is 0 Å². The van der Waals surface area contributed by atoms with Gasteiger partial charge in [0.25, 0.3) is 0 Å². The van der Waals surface area contributed by atoms with Crippen LogP contribution in [0.15, 0.2) is 18.2 Å². The zero-order chi connectivity index (χ0) is 25.3. The van der Waals surface area contributed by atoms with E-state index in [1.165, 1.54) is 0 Å². The number of benzene rings is 1. The molecule has 1 aromatic rings. The van der Waals surface area contributed by atoms with E-state index in [0.29, 0.717) is 31.8 Å². The summed E-state index contributed by atoms with van der Waals surface area (Å²) >= 11 is 0. The first-order valence-corrected chi connectivity index (χ1v) is 10.9. The third-order valence-electron chi connectivity index (χ3n) is 6.84. The summed E-state index contributed by atoms with van der Waals surface area (Å²) in [4.78, 5) is 27.4. The van der Waals surface area contributed by atoms with Crippen LogP contribution in [0.1, 0.15) is 48.8 Å². The van der Waals surface area contributed by atoms with Gasteiger partial charge in [-0.25, -0.2) is 0 Å². The molecule has 0 unspecified atom stereocenters. The highest BCUT2D eigenvalue weighted by Crippen LogP contribution is 2.42. The van der Waals surface area contributed by atoms with Crippen molar-refractivity contribution >= 4 is 11.8 Å². The summed E-state index contributed by atoms with van der Waals surface area (Å²) in [5.41, 5.74) is 0.647. The molecule has 1 saturated carbocycles. The monoisotopic (exact) mass is 495 g/mol. The molecule has 6 nitrogen and oxygen atoms in total. The van der Waals surface area contributed by atoms with Gasteiger partial charge in [0.2, 0.25) is 11.8 Å². The molecule has 0 spiro atoms. The van der Waals surface area contributed by atoms with E-state index in [0.717, 1.165) is 12.8 Å². The zero-order valence-electron chi connectivity index (χ0n) is 18.6. The van der Waals surface area contributed by atoms with Crippen LogP contribution in [0, 0.1) is 5.41 Å². The van der Waals surface area contributed by atoms with Gasteiger partial charge in [0, 0.05) is 31.8 Å². The lowest BCUT2D eigenvalue weighted by atomic mass is 9.83. The van der Waals surface area contributed by atoms with Crippen molar-refractivity contribution in [2.45, 2.75) is 63.1 Å². The minimum Gasteiger partial charge on any atom is -0.381 e. The maximum absolute atomic E-state index is 13.1. The molecule has 12 heteroatoms. The van der Waals surface area contributed by atoms with Gasteiger partial charge in [-0.3, -0.25) is 9.59 Å². The lowest BCUT2D eigenvalue weighted by Gasteiger charge is -2.36. The molecule has 2 aliphatic rings. The Balaban J connectivity index is 1.75. The standard InChI is InChI=1S/C22H27F6N3O3/c1-31(16-3-6-34-7-4-16)17-2-5-20(11-17,18(29)32)19(33)30-12-13-8-14(21(23,24)25)10-15(9-13)22(26,27)28/h8-10,16-17H,2-7,11-12H2,1H3,(H2,29,32)(H,30,33)/t17-,20+/m1/s1. The number of nitrogens with two attached hydrogens (primary N) is 1. The van der Waals surface area contributed by atoms with Crippen molar-refractivity contribution in [2.24, 2.45) is 11.1 Å². The van der Waals surface area contributed by atoms with Gasteiger partial charge < -0.3 is 20.7 Å². The number of nitrogens with one attached hydrogen (secondary N) is 1. The van der Waals surface area contributed by atoms with Gasteiger partial charge in [-0.15, -0.1) is 0 Å². The van der Waals surface area contributed by atoms with E-state index in [-0.39, 0.29) is 36.6 Å². The predicted octanol–water partition coefficient (Wildman–Crippen LogP) is 3.48. The lowest BCUT2D eigenvalue weighted by molar-refractivity contribution is -0.143. The summed E-state index contributed by atoms with van der Waals surface area (Å²) < 4.78 is 83.9. The molecular formula is C22H27F6N3O3. The number of rotatable bonds is 6. The minimum atomic E-state index is -5.00. The maximum Gasteiger partial charge on any atom is 0.416 e. The molecule has 1 aromatic carbocycles. The molecule has 1 aliphatic carbocycles. The molecule has 1 saturated heterocycles.